The van der Waals surface area contributed by atoms with E-state index in [2.05, 4.69) is 16.8 Å². The Morgan fingerprint density at radius 3 is 2.55 bits per heavy atom. The van der Waals surface area contributed by atoms with E-state index in [0.29, 0.717) is 15.9 Å². The lowest BCUT2D eigenvalue weighted by Crippen LogP contribution is -2.45. The third-order valence-corrected chi connectivity index (χ3v) is 6.73. The minimum atomic E-state index is -0.483. The first-order chi connectivity index (χ1) is 16.0. The fraction of sp³-hybridized carbons (Fsp3) is 0.385. The standard InChI is InChI=1S/C26H29Cl2N3O2/c1-2-7-23-22(16-25(33)29-21-10-5-6-11-24(21)32)30-26(19-8-3-4-9-20(19)28)31(23)18-14-12-17(27)13-15-18/h3-4,8-9,12-15,21,24,32H,2,5-7,10-11,16H2,1H3,(H,29,33)/t21-,24-/m0/s1. The number of imidazole rings is 1. The molecule has 33 heavy (non-hydrogen) atoms. The van der Waals surface area contributed by atoms with Gasteiger partial charge < -0.3 is 10.4 Å². The molecule has 1 heterocycles. The van der Waals surface area contributed by atoms with Gasteiger partial charge in [0.1, 0.15) is 5.82 Å². The monoisotopic (exact) mass is 485 g/mol. The van der Waals surface area contributed by atoms with Crippen molar-refractivity contribution in [2.24, 2.45) is 0 Å². The predicted molar refractivity (Wildman–Crippen MR) is 133 cm³/mol. The second-order valence-corrected chi connectivity index (χ2v) is 9.42. The van der Waals surface area contributed by atoms with Crippen LogP contribution in [0.5, 0.6) is 0 Å². The summed E-state index contributed by atoms with van der Waals surface area (Å²) in [6, 6.07) is 15.0. The van der Waals surface area contributed by atoms with Crippen LogP contribution in [0.4, 0.5) is 0 Å². The third-order valence-electron chi connectivity index (χ3n) is 6.15. The Labute approximate surface area is 204 Å². The predicted octanol–water partition coefficient (Wildman–Crippen LogP) is 5.76. The van der Waals surface area contributed by atoms with Gasteiger partial charge in [-0.1, -0.05) is 61.5 Å². The summed E-state index contributed by atoms with van der Waals surface area (Å²) in [6.07, 6.45) is 4.88. The molecule has 2 N–H and O–H groups in total. The Balaban J connectivity index is 1.75. The van der Waals surface area contributed by atoms with E-state index < -0.39 is 6.10 Å². The number of halogens is 2. The van der Waals surface area contributed by atoms with Crippen LogP contribution >= 0.6 is 23.2 Å². The maximum Gasteiger partial charge on any atom is 0.226 e. The Morgan fingerprint density at radius 1 is 1.12 bits per heavy atom. The number of aliphatic hydroxyl groups is 1. The number of rotatable bonds is 7. The first-order valence-corrected chi connectivity index (χ1v) is 12.3. The summed E-state index contributed by atoms with van der Waals surface area (Å²) >= 11 is 12.7. The number of carbonyl (C=O) groups excluding carboxylic acids is 1. The molecule has 1 fully saturated rings. The summed E-state index contributed by atoms with van der Waals surface area (Å²) < 4.78 is 2.08. The first kappa shape index (κ1) is 23.8. The van der Waals surface area contributed by atoms with Gasteiger partial charge in [0.2, 0.25) is 5.91 Å². The fourth-order valence-electron chi connectivity index (χ4n) is 4.51. The van der Waals surface area contributed by atoms with Crippen LogP contribution in [0.2, 0.25) is 10.0 Å². The van der Waals surface area contributed by atoms with E-state index in [1.807, 2.05) is 48.5 Å². The molecule has 4 rings (SSSR count). The summed E-state index contributed by atoms with van der Waals surface area (Å²) in [5.74, 6) is 0.580. The number of aliphatic hydroxyl groups excluding tert-OH is 1. The molecule has 1 aliphatic rings. The molecule has 1 aromatic heterocycles. The molecule has 1 amide bonds. The van der Waals surface area contributed by atoms with Gasteiger partial charge >= 0.3 is 0 Å². The molecule has 3 aromatic rings. The molecule has 5 nitrogen and oxygen atoms in total. The number of carbonyl (C=O) groups is 1. The Bertz CT molecular complexity index is 1110. The highest BCUT2D eigenvalue weighted by atomic mass is 35.5. The van der Waals surface area contributed by atoms with Crippen molar-refractivity contribution in [3.8, 4) is 17.1 Å². The number of hydrogen-bond acceptors (Lipinski definition) is 3. The molecule has 174 valence electrons. The molecule has 0 radical (unpaired) electrons. The molecule has 2 aromatic carbocycles. The van der Waals surface area contributed by atoms with Gasteiger partial charge in [0.15, 0.2) is 0 Å². The molecule has 0 saturated heterocycles. The number of aromatic nitrogens is 2. The van der Waals surface area contributed by atoms with Crippen LogP contribution in [0.15, 0.2) is 48.5 Å². The number of nitrogens with one attached hydrogen (secondary N) is 1. The smallest absolute Gasteiger partial charge is 0.226 e. The van der Waals surface area contributed by atoms with Crippen molar-refractivity contribution in [1.29, 1.82) is 0 Å². The quantitative estimate of drug-likeness (QED) is 0.446. The van der Waals surface area contributed by atoms with Gasteiger partial charge in [-0.2, -0.15) is 0 Å². The number of benzene rings is 2. The maximum atomic E-state index is 13.0. The van der Waals surface area contributed by atoms with E-state index >= 15 is 0 Å². The largest absolute Gasteiger partial charge is 0.391 e. The summed E-state index contributed by atoms with van der Waals surface area (Å²) in [5, 5.41) is 14.5. The summed E-state index contributed by atoms with van der Waals surface area (Å²) in [7, 11) is 0. The van der Waals surface area contributed by atoms with Gasteiger partial charge in [0, 0.05) is 22.0 Å². The van der Waals surface area contributed by atoms with Crippen molar-refractivity contribution in [3.05, 3.63) is 70.0 Å². The van der Waals surface area contributed by atoms with Gasteiger partial charge in [-0.05, 0) is 55.7 Å². The minimum absolute atomic E-state index is 0.121. The van der Waals surface area contributed by atoms with Gasteiger partial charge in [0.05, 0.1) is 29.3 Å². The van der Waals surface area contributed by atoms with Gasteiger partial charge in [-0.25, -0.2) is 4.98 Å². The van der Waals surface area contributed by atoms with Gasteiger partial charge in [-0.3, -0.25) is 9.36 Å². The first-order valence-electron chi connectivity index (χ1n) is 11.6. The second kappa shape index (κ2) is 10.7. The van der Waals surface area contributed by atoms with E-state index in [-0.39, 0.29) is 18.4 Å². The highest BCUT2D eigenvalue weighted by molar-refractivity contribution is 6.33. The molecule has 0 aliphatic heterocycles. The van der Waals surface area contributed by atoms with Crippen molar-refractivity contribution in [3.63, 3.8) is 0 Å². The molecule has 7 heteroatoms. The fourth-order valence-corrected chi connectivity index (χ4v) is 4.86. The van der Waals surface area contributed by atoms with E-state index in [9.17, 15) is 9.90 Å². The lowest BCUT2D eigenvalue weighted by Gasteiger charge is -2.28. The van der Waals surface area contributed by atoms with Crippen molar-refractivity contribution in [2.75, 3.05) is 0 Å². The Hall–Kier alpha value is -2.34. The third kappa shape index (κ3) is 5.43. The summed E-state index contributed by atoms with van der Waals surface area (Å²) in [5.41, 5.74) is 3.43. The van der Waals surface area contributed by atoms with Crippen molar-refractivity contribution < 1.29 is 9.90 Å². The molecule has 0 spiro atoms. The van der Waals surface area contributed by atoms with Crippen molar-refractivity contribution in [2.45, 2.75) is 64.0 Å². The number of nitrogens with zero attached hydrogens (tertiary/aromatic N) is 2. The minimum Gasteiger partial charge on any atom is -0.391 e. The number of hydrogen-bond donors (Lipinski definition) is 2. The van der Waals surface area contributed by atoms with Crippen molar-refractivity contribution in [1.82, 2.24) is 14.9 Å². The molecule has 0 bridgehead atoms. The van der Waals surface area contributed by atoms with Crippen LogP contribution in [-0.2, 0) is 17.6 Å². The Kier molecular flexibility index (Phi) is 7.74. The summed E-state index contributed by atoms with van der Waals surface area (Å²) in [6.45, 7) is 2.11. The molecular formula is C26H29Cl2N3O2. The van der Waals surface area contributed by atoms with Crippen molar-refractivity contribution >= 4 is 29.1 Å². The van der Waals surface area contributed by atoms with Crippen LogP contribution in [0.1, 0.15) is 50.4 Å². The van der Waals surface area contributed by atoms with Crippen LogP contribution in [-0.4, -0.2) is 32.7 Å². The summed E-state index contributed by atoms with van der Waals surface area (Å²) in [4.78, 5) is 17.9. The van der Waals surface area contributed by atoms with Crippen LogP contribution in [0.25, 0.3) is 17.1 Å². The van der Waals surface area contributed by atoms with E-state index in [1.54, 1.807) is 0 Å². The van der Waals surface area contributed by atoms with Crippen LogP contribution in [0, 0.1) is 0 Å². The van der Waals surface area contributed by atoms with E-state index in [0.717, 1.165) is 61.2 Å². The molecule has 1 saturated carbocycles. The average molecular weight is 486 g/mol. The SMILES string of the molecule is CCCc1c(CC(=O)N[C@H]2CCCC[C@@H]2O)nc(-c2ccccc2Cl)n1-c1ccc(Cl)cc1. The van der Waals surface area contributed by atoms with Crippen LogP contribution < -0.4 is 5.32 Å². The molecule has 2 atom stereocenters. The molecular weight excluding hydrogens is 457 g/mol. The lowest BCUT2D eigenvalue weighted by molar-refractivity contribution is -0.122. The van der Waals surface area contributed by atoms with Gasteiger partial charge in [0.25, 0.3) is 0 Å². The lowest BCUT2D eigenvalue weighted by atomic mass is 9.92. The zero-order chi connectivity index (χ0) is 23.4. The average Bonchev–Trinajstić information content (AvgIpc) is 3.14. The zero-order valence-electron chi connectivity index (χ0n) is 18.7. The topological polar surface area (TPSA) is 67.2 Å². The normalized spacial score (nSPS) is 18.3. The van der Waals surface area contributed by atoms with Crippen LogP contribution in [0.3, 0.4) is 0 Å². The van der Waals surface area contributed by atoms with E-state index in [4.69, 9.17) is 28.2 Å². The number of amides is 1. The molecule has 1 aliphatic carbocycles. The highest BCUT2D eigenvalue weighted by Crippen LogP contribution is 2.33. The highest BCUT2D eigenvalue weighted by Gasteiger charge is 2.26. The molecule has 0 unspecified atom stereocenters. The Morgan fingerprint density at radius 2 is 1.85 bits per heavy atom. The zero-order valence-corrected chi connectivity index (χ0v) is 20.2. The second-order valence-electron chi connectivity index (χ2n) is 8.57. The maximum absolute atomic E-state index is 13.0. The van der Waals surface area contributed by atoms with Gasteiger partial charge in [-0.15, -0.1) is 0 Å². The van der Waals surface area contributed by atoms with E-state index in [1.165, 1.54) is 0 Å².